The first-order valence-electron chi connectivity index (χ1n) is 7.20. The van der Waals surface area contributed by atoms with E-state index < -0.39 is 0 Å². The fraction of sp³-hybridized carbons (Fsp3) is 0.294. The number of piperazine rings is 1. The molecule has 106 valence electrons. The van der Waals surface area contributed by atoms with E-state index in [9.17, 15) is 5.26 Å². The van der Waals surface area contributed by atoms with Crippen LogP contribution in [0.3, 0.4) is 0 Å². The topological polar surface area (TPSA) is 43.2 Å². The molecule has 0 aliphatic carbocycles. The van der Waals surface area contributed by atoms with Gasteiger partial charge in [0.05, 0.1) is 11.3 Å². The molecule has 4 nitrogen and oxygen atoms in total. The van der Waals surface area contributed by atoms with Crippen LogP contribution in [0.4, 0.5) is 11.5 Å². The van der Waals surface area contributed by atoms with Gasteiger partial charge in [0.25, 0.3) is 0 Å². The smallest absolute Gasteiger partial charge is 0.128 e. The summed E-state index contributed by atoms with van der Waals surface area (Å²) in [5, 5.41) is 9.21. The van der Waals surface area contributed by atoms with Crippen molar-refractivity contribution in [3.05, 3.63) is 53.7 Å². The number of aryl methyl sites for hydroxylation is 1. The molecule has 3 rings (SSSR count). The van der Waals surface area contributed by atoms with Gasteiger partial charge in [-0.1, -0.05) is 18.2 Å². The lowest BCUT2D eigenvalue weighted by molar-refractivity contribution is 0.646. The molecular weight excluding hydrogens is 260 g/mol. The number of hydrogen-bond acceptors (Lipinski definition) is 4. The molecule has 1 aromatic carbocycles. The number of benzene rings is 1. The second-order valence-corrected chi connectivity index (χ2v) is 5.24. The third kappa shape index (κ3) is 2.82. The number of nitrogens with zero attached hydrogens (tertiary/aromatic N) is 4. The van der Waals surface area contributed by atoms with Gasteiger partial charge in [-0.2, -0.15) is 5.26 Å². The quantitative estimate of drug-likeness (QED) is 0.847. The van der Waals surface area contributed by atoms with Crippen molar-refractivity contribution in [2.24, 2.45) is 0 Å². The average Bonchev–Trinajstić information content (AvgIpc) is 2.55. The van der Waals surface area contributed by atoms with Crippen LogP contribution >= 0.6 is 0 Å². The molecule has 1 aromatic heterocycles. The van der Waals surface area contributed by atoms with Gasteiger partial charge in [-0.3, -0.25) is 0 Å². The van der Waals surface area contributed by atoms with Crippen LogP contribution in [0.5, 0.6) is 0 Å². The second-order valence-electron chi connectivity index (χ2n) is 5.24. The summed E-state index contributed by atoms with van der Waals surface area (Å²) in [6, 6.07) is 16.2. The Morgan fingerprint density at radius 3 is 2.38 bits per heavy atom. The molecule has 1 aliphatic heterocycles. The van der Waals surface area contributed by atoms with Gasteiger partial charge in [0, 0.05) is 31.9 Å². The van der Waals surface area contributed by atoms with Crippen molar-refractivity contribution in [3.8, 4) is 6.07 Å². The minimum absolute atomic E-state index is 0.750. The number of pyridine rings is 1. The molecule has 0 radical (unpaired) electrons. The molecule has 1 saturated heterocycles. The van der Waals surface area contributed by atoms with Crippen LogP contribution in [0.15, 0.2) is 42.5 Å². The van der Waals surface area contributed by atoms with E-state index in [1.807, 2.05) is 37.3 Å². The molecule has 2 aromatic rings. The maximum atomic E-state index is 9.21. The Kier molecular flexibility index (Phi) is 3.74. The predicted molar refractivity (Wildman–Crippen MR) is 84.6 cm³/mol. The molecule has 1 aliphatic rings. The lowest BCUT2D eigenvalue weighted by atomic mass is 10.1. The number of rotatable bonds is 2. The van der Waals surface area contributed by atoms with E-state index in [0.29, 0.717) is 0 Å². The Bertz CT molecular complexity index is 666. The molecule has 0 spiro atoms. The number of nitriles is 1. The highest BCUT2D eigenvalue weighted by Gasteiger charge is 2.19. The summed E-state index contributed by atoms with van der Waals surface area (Å²) < 4.78 is 0. The summed E-state index contributed by atoms with van der Waals surface area (Å²) in [5.74, 6) is 1.04. The molecule has 1 fully saturated rings. The van der Waals surface area contributed by atoms with Crippen LogP contribution in [0.1, 0.15) is 11.3 Å². The fourth-order valence-corrected chi connectivity index (χ4v) is 2.73. The lowest BCUT2D eigenvalue weighted by Gasteiger charge is -2.37. The molecule has 0 unspecified atom stereocenters. The number of hydrogen-bond donors (Lipinski definition) is 0. The van der Waals surface area contributed by atoms with Gasteiger partial charge >= 0.3 is 0 Å². The standard InChI is InChI=1S/C17H18N4/c1-14-5-4-8-17(19-14)21-11-9-20(10-12-21)16-7-3-2-6-15(16)13-18/h2-8H,9-12H2,1H3. The summed E-state index contributed by atoms with van der Waals surface area (Å²) in [5.41, 5.74) is 2.83. The zero-order valence-corrected chi connectivity index (χ0v) is 12.2. The zero-order valence-electron chi connectivity index (χ0n) is 12.2. The molecular formula is C17H18N4. The first-order chi connectivity index (χ1) is 10.3. The highest BCUT2D eigenvalue weighted by atomic mass is 15.3. The van der Waals surface area contributed by atoms with E-state index in [4.69, 9.17) is 0 Å². The average molecular weight is 278 g/mol. The Balaban J connectivity index is 1.72. The summed E-state index contributed by atoms with van der Waals surface area (Å²) in [6.07, 6.45) is 0. The van der Waals surface area contributed by atoms with Crippen molar-refractivity contribution in [1.82, 2.24) is 4.98 Å². The molecule has 0 amide bonds. The summed E-state index contributed by atoms with van der Waals surface area (Å²) >= 11 is 0. The molecule has 2 heterocycles. The predicted octanol–water partition coefficient (Wildman–Crippen LogP) is 2.59. The number of para-hydroxylation sites is 1. The summed E-state index contributed by atoms with van der Waals surface area (Å²) in [6.45, 7) is 5.69. The van der Waals surface area contributed by atoms with Gasteiger partial charge in [0.2, 0.25) is 0 Å². The van der Waals surface area contributed by atoms with Crippen molar-refractivity contribution < 1.29 is 0 Å². The van der Waals surface area contributed by atoms with Gasteiger partial charge in [0.1, 0.15) is 11.9 Å². The molecule has 21 heavy (non-hydrogen) atoms. The van der Waals surface area contributed by atoms with E-state index in [1.165, 1.54) is 0 Å². The van der Waals surface area contributed by atoms with Gasteiger partial charge in [-0.25, -0.2) is 4.98 Å². The maximum Gasteiger partial charge on any atom is 0.128 e. The first-order valence-corrected chi connectivity index (χ1v) is 7.20. The number of aromatic nitrogens is 1. The Hall–Kier alpha value is -2.54. The maximum absolute atomic E-state index is 9.21. The highest BCUT2D eigenvalue weighted by molar-refractivity contribution is 5.60. The molecule has 0 N–H and O–H groups in total. The Labute approximate surface area is 125 Å². The van der Waals surface area contributed by atoms with Gasteiger partial charge < -0.3 is 9.80 Å². The minimum Gasteiger partial charge on any atom is -0.367 e. The second kappa shape index (κ2) is 5.84. The van der Waals surface area contributed by atoms with Gasteiger partial charge in [0.15, 0.2) is 0 Å². The SMILES string of the molecule is Cc1cccc(N2CCN(c3ccccc3C#N)CC2)n1. The third-order valence-electron chi connectivity index (χ3n) is 3.84. The van der Waals surface area contributed by atoms with Gasteiger partial charge in [-0.05, 0) is 31.2 Å². The number of anilines is 2. The monoisotopic (exact) mass is 278 g/mol. The summed E-state index contributed by atoms with van der Waals surface area (Å²) in [7, 11) is 0. The van der Waals surface area contributed by atoms with Crippen LogP contribution in [0, 0.1) is 18.3 Å². The van der Waals surface area contributed by atoms with E-state index >= 15 is 0 Å². The van der Waals surface area contributed by atoms with Crippen molar-refractivity contribution in [1.29, 1.82) is 5.26 Å². The first kappa shape index (κ1) is 13.4. The molecule has 0 saturated carbocycles. The highest BCUT2D eigenvalue weighted by Crippen LogP contribution is 2.22. The van der Waals surface area contributed by atoms with Crippen LogP contribution in [0.2, 0.25) is 0 Å². The molecule has 0 atom stereocenters. The zero-order chi connectivity index (χ0) is 14.7. The van der Waals surface area contributed by atoms with Crippen LogP contribution in [-0.2, 0) is 0 Å². The van der Waals surface area contributed by atoms with Gasteiger partial charge in [-0.15, -0.1) is 0 Å². The van der Waals surface area contributed by atoms with E-state index in [2.05, 4.69) is 33.0 Å². The van der Waals surface area contributed by atoms with Crippen molar-refractivity contribution in [2.75, 3.05) is 36.0 Å². The Morgan fingerprint density at radius 1 is 0.952 bits per heavy atom. The van der Waals surface area contributed by atoms with Crippen LogP contribution < -0.4 is 9.80 Å². The van der Waals surface area contributed by atoms with Crippen LogP contribution in [-0.4, -0.2) is 31.2 Å². The van der Waals surface area contributed by atoms with Crippen molar-refractivity contribution >= 4 is 11.5 Å². The normalized spacial score (nSPS) is 14.9. The van der Waals surface area contributed by atoms with E-state index in [1.54, 1.807) is 0 Å². The lowest BCUT2D eigenvalue weighted by Crippen LogP contribution is -2.47. The summed E-state index contributed by atoms with van der Waals surface area (Å²) in [4.78, 5) is 9.17. The Morgan fingerprint density at radius 2 is 1.67 bits per heavy atom. The molecule has 0 bridgehead atoms. The minimum atomic E-state index is 0.750. The van der Waals surface area contributed by atoms with Crippen LogP contribution in [0.25, 0.3) is 0 Å². The molecule has 4 heteroatoms. The van der Waals surface area contributed by atoms with Crippen molar-refractivity contribution in [3.63, 3.8) is 0 Å². The fourth-order valence-electron chi connectivity index (χ4n) is 2.73. The van der Waals surface area contributed by atoms with Crippen molar-refractivity contribution in [2.45, 2.75) is 6.92 Å². The largest absolute Gasteiger partial charge is 0.367 e. The van der Waals surface area contributed by atoms with E-state index in [0.717, 1.165) is 48.9 Å². The third-order valence-corrected chi connectivity index (χ3v) is 3.84. The van der Waals surface area contributed by atoms with E-state index in [-0.39, 0.29) is 0 Å².